The van der Waals surface area contributed by atoms with Gasteiger partial charge in [0.05, 0.1) is 41.5 Å². The maximum atomic E-state index is 14.6. The molecule has 0 aliphatic carbocycles. The first-order chi connectivity index (χ1) is 24.2. The molecule has 0 radical (unpaired) electrons. The predicted molar refractivity (Wildman–Crippen MR) is 196 cm³/mol. The summed E-state index contributed by atoms with van der Waals surface area (Å²) >= 11 is 0. The summed E-state index contributed by atoms with van der Waals surface area (Å²) in [4.78, 5) is 44.4. The van der Waals surface area contributed by atoms with Crippen LogP contribution in [0.25, 0.3) is 5.69 Å². The van der Waals surface area contributed by atoms with Gasteiger partial charge >= 0.3 is 5.97 Å². The highest BCUT2D eigenvalue weighted by atomic mass is 32.2. The fourth-order valence-electron chi connectivity index (χ4n) is 6.17. The largest absolute Gasteiger partial charge is 0.465 e. The summed E-state index contributed by atoms with van der Waals surface area (Å²) < 4.78 is 23.0. The van der Waals surface area contributed by atoms with Gasteiger partial charge in [-0.15, -0.1) is 0 Å². The van der Waals surface area contributed by atoms with Gasteiger partial charge in [0.25, 0.3) is 11.8 Å². The van der Waals surface area contributed by atoms with Crippen LogP contribution < -0.4 is 4.72 Å². The van der Waals surface area contributed by atoms with Crippen LogP contribution in [0.5, 0.6) is 0 Å². The number of hydrogen-bond acceptors (Lipinski definition) is 7. The highest BCUT2D eigenvalue weighted by Crippen LogP contribution is 2.30. The Bertz CT molecular complexity index is 1870. The lowest BCUT2D eigenvalue weighted by Gasteiger charge is -2.36. The van der Waals surface area contributed by atoms with Gasteiger partial charge in [-0.05, 0) is 73.7 Å². The maximum absolute atomic E-state index is 14.6. The fourth-order valence-corrected chi connectivity index (χ4v) is 7.17. The van der Waals surface area contributed by atoms with Crippen molar-refractivity contribution in [2.24, 2.45) is 0 Å². The number of anilines is 1. The van der Waals surface area contributed by atoms with Crippen LogP contribution in [0.15, 0.2) is 77.7 Å². The first-order valence-corrected chi connectivity index (χ1v) is 18.2. The number of esters is 1. The number of aryl methyl sites for hydroxylation is 1. The lowest BCUT2D eigenvalue weighted by Crippen LogP contribution is -2.46. The number of aliphatic hydroxyl groups is 1. The van der Waals surface area contributed by atoms with Crippen molar-refractivity contribution in [2.75, 3.05) is 31.5 Å². The molecule has 2 amide bonds. The molecule has 2 atom stereocenters. The highest BCUT2D eigenvalue weighted by Gasteiger charge is 2.32. The Labute approximate surface area is 301 Å². The van der Waals surface area contributed by atoms with Gasteiger partial charge in [0.1, 0.15) is 0 Å². The minimum Gasteiger partial charge on any atom is -0.465 e. The van der Waals surface area contributed by atoms with E-state index in [4.69, 9.17) is 9.84 Å². The van der Waals surface area contributed by atoms with E-state index >= 15 is 0 Å². The van der Waals surface area contributed by atoms with E-state index in [-0.39, 0.29) is 45.6 Å². The van der Waals surface area contributed by atoms with Crippen molar-refractivity contribution in [3.63, 3.8) is 0 Å². The van der Waals surface area contributed by atoms with Crippen molar-refractivity contribution in [1.29, 1.82) is 0 Å². The standard InChI is InChI=1S/C38H45N5O6S.H2O/c1-5-7-19-41(20-8-6-2)37(46)33-21-26(3)43(39-33)34-18-17-29(40-50(48)35-16-12-11-15-31(35)38(47)49-4)23-32(34)36(45)42-24-28-14-10-9-13-27(28)22-30(42)25-44;/h9-18,21,23,30,40,44H,5-8,19-20,22,24-25H2,1-4H3;1H2/t30-,50?;/m0./s1. The molecular formula is C38H47N5O7S. The number of carbonyl (C=O) groups is 3. The molecular weight excluding hydrogens is 671 g/mol. The average Bonchev–Trinajstić information content (AvgIpc) is 3.54. The summed E-state index contributed by atoms with van der Waals surface area (Å²) in [6.45, 7) is 7.36. The molecule has 51 heavy (non-hydrogen) atoms. The Kier molecular flexibility index (Phi) is 13.7. The Balaban J connectivity index is 0.00000583. The molecule has 5 rings (SSSR count). The summed E-state index contributed by atoms with van der Waals surface area (Å²) in [6, 6.07) is 20.5. The van der Waals surface area contributed by atoms with E-state index in [0.717, 1.165) is 36.8 Å². The third kappa shape index (κ3) is 8.73. The van der Waals surface area contributed by atoms with E-state index in [2.05, 4.69) is 18.6 Å². The quantitative estimate of drug-likeness (QED) is 0.176. The Morgan fingerprint density at radius 1 is 0.961 bits per heavy atom. The first-order valence-electron chi connectivity index (χ1n) is 17.0. The lowest BCUT2D eigenvalue weighted by atomic mass is 9.93. The normalized spacial score (nSPS) is 14.2. The second kappa shape index (κ2) is 17.9. The molecule has 0 bridgehead atoms. The van der Waals surface area contributed by atoms with Crippen LogP contribution in [0.4, 0.5) is 5.69 Å². The number of ether oxygens (including phenoxy) is 1. The van der Waals surface area contributed by atoms with Crippen LogP contribution in [-0.4, -0.2) is 85.0 Å². The van der Waals surface area contributed by atoms with Crippen molar-refractivity contribution >= 4 is 34.5 Å². The Morgan fingerprint density at radius 3 is 2.29 bits per heavy atom. The molecule has 0 spiro atoms. The molecule has 4 N–H and O–H groups in total. The van der Waals surface area contributed by atoms with Gasteiger partial charge in [-0.25, -0.2) is 13.7 Å². The van der Waals surface area contributed by atoms with E-state index in [0.29, 0.717) is 43.1 Å². The van der Waals surface area contributed by atoms with Gasteiger partial charge in [0.2, 0.25) is 0 Å². The van der Waals surface area contributed by atoms with E-state index in [1.54, 1.807) is 52.0 Å². The molecule has 13 heteroatoms. The third-order valence-electron chi connectivity index (χ3n) is 8.94. The number of methoxy groups -OCH3 is 1. The SMILES string of the molecule is CCCCN(CCCC)C(=O)c1cc(C)n(-c2ccc(NS(=O)c3ccccc3C(=O)OC)cc2C(=O)N2Cc3ccccc3C[C@H]2CO)n1.O. The van der Waals surface area contributed by atoms with Crippen LogP contribution in [0.3, 0.4) is 0 Å². The zero-order chi connectivity index (χ0) is 35.8. The maximum Gasteiger partial charge on any atom is 0.339 e. The van der Waals surface area contributed by atoms with Gasteiger partial charge in [0, 0.05) is 31.0 Å². The monoisotopic (exact) mass is 717 g/mol. The summed E-state index contributed by atoms with van der Waals surface area (Å²) in [5, 5.41) is 15.1. The molecule has 1 aromatic heterocycles. The number of benzene rings is 3. The van der Waals surface area contributed by atoms with E-state index < -0.39 is 23.0 Å². The molecule has 0 fully saturated rings. The summed E-state index contributed by atoms with van der Waals surface area (Å²) in [6.07, 6.45) is 4.19. The number of nitrogens with zero attached hydrogens (tertiary/aromatic N) is 4. The summed E-state index contributed by atoms with van der Waals surface area (Å²) in [5.74, 6) is -1.13. The molecule has 3 aromatic carbocycles. The van der Waals surface area contributed by atoms with Crippen molar-refractivity contribution in [3.05, 3.63) is 106 Å². The van der Waals surface area contributed by atoms with Gasteiger partial charge < -0.3 is 29.8 Å². The molecule has 1 aliphatic rings. The Hall–Kier alpha value is -4.85. The predicted octanol–water partition coefficient (Wildman–Crippen LogP) is 4.88. The number of amides is 2. The number of carbonyl (C=O) groups excluding carboxylic acids is 3. The first kappa shape index (κ1) is 38.9. The second-order valence-electron chi connectivity index (χ2n) is 12.4. The molecule has 4 aromatic rings. The van der Waals surface area contributed by atoms with Crippen molar-refractivity contribution in [3.8, 4) is 5.69 Å². The van der Waals surface area contributed by atoms with Crippen LogP contribution >= 0.6 is 0 Å². The second-order valence-corrected chi connectivity index (χ2v) is 13.6. The molecule has 12 nitrogen and oxygen atoms in total. The summed E-state index contributed by atoms with van der Waals surface area (Å²) in [7, 11) is -0.631. The van der Waals surface area contributed by atoms with Crippen molar-refractivity contribution in [1.82, 2.24) is 19.6 Å². The fraction of sp³-hybridized carbons (Fsp3) is 0.368. The van der Waals surface area contributed by atoms with E-state index in [9.17, 15) is 23.7 Å². The number of rotatable bonds is 14. The average molecular weight is 718 g/mol. The molecule has 272 valence electrons. The lowest BCUT2D eigenvalue weighted by molar-refractivity contribution is 0.0543. The van der Waals surface area contributed by atoms with Crippen molar-refractivity contribution in [2.45, 2.75) is 70.4 Å². The van der Waals surface area contributed by atoms with E-state index in [1.165, 1.54) is 13.2 Å². The molecule has 1 aliphatic heterocycles. The molecule has 0 saturated heterocycles. The number of aromatic nitrogens is 2. The topological polar surface area (TPSA) is 166 Å². The number of hydrogen-bond donors (Lipinski definition) is 2. The minimum atomic E-state index is -1.89. The van der Waals surface area contributed by atoms with Gasteiger partial charge in [0.15, 0.2) is 16.7 Å². The van der Waals surface area contributed by atoms with Crippen LogP contribution in [-0.2, 0) is 28.7 Å². The third-order valence-corrected chi connectivity index (χ3v) is 10.1. The molecule has 2 heterocycles. The number of nitrogens with one attached hydrogen (secondary N) is 1. The van der Waals surface area contributed by atoms with Gasteiger partial charge in [-0.3, -0.25) is 9.59 Å². The zero-order valence-electron chi connectivity index (χ0n) is 29.6. The van der Waals surface area contributed by atoms with Crippen LogP contribution in [0.2, 0.25) is 0 Å². The smallest absolute Gasteiger partial charge is 0.339 e. The number of unbranched alkanes of at least 4 members (excludes halogenated alkanes) is 2. The highest BCUT2D eigenvalue weighted by molar-refractivity contribution is 7.86. The van der Waals surface area contributed by atoms with Crippen molar-refractivity contribution < 1.29 is 33.9 Å². The zero-order valence-corrected chi connectivity index (χ0v) is 30.4. The number of fused-ring (bicyclic) bond motifs is 1. The summed E-state index contributed by atoms with van der Waals surface area (Å²) in [5.41, 5.74) is 4.20. The molecule has 0 saturated carbocycles. The van der Waals surface area contributed by atoms with Gasteiger partial charge in [-0.2, -0.15) is 5.10 Å². The minimum absolute atomic E-state index is 0. The number of aliphatic hydroxyl groups excluding tert-OH is 1. The van der Waals surface area contributed by atoms with E-state index in [1.807, 2.05) is 36.1 Å². The van der Waals surface area contributed by atoms with Crippen LogP contribution in [0.1, 0.15) is 87.6 Å². The molecule has 1 unspecified atom stereocenters. The van der Waals surface area contributed by atoms with Crippen LogP contribution in [0, 0.1) is 6.92 Å². The Morgan fingerprint density at radius 2 is 1.63 bits per heavy atom. The van der Waals surface area contributed by atoms with Gasteiger partial charge in [-0.1, -0.05) is 63.1 Å².